The maximum atomic E-state index is 11.0. The normalized spacial score (nSPS) is 10.5. The van der Waals surface area contributed by atoms with Crippen LogP contribution < -0.4 is 10.6 Å². The lowest BCUT2D eigenvalue weighted by atomic mass is 10.2. The van der Waals surface area contributed by atoms with Gasteiger partial charge in [0.2, 0.25) is 5.91 Å². The van der Waals surface area contributed by atoms with E-state index in [1.54, 1.807) is 6.07 Å². The lowest BCUT2D eigenvalue weighted by Gasteiger charge is -2.10. The van der Waals surface area contributed by atoms with Crippen LogP contribution in [0.5, 0.6) is 0 Å². The van der Waals surface area contributed by atoms with Gasteiger partial charge in [-0.15, -0.1) is 0 Å². The molecule has 1 aromatic heterocycles. The summed E-state index contributed by atoms with van der Waals surface area (Å²) < 4.78 is 2.17. The average Bonchev–Trinajstić information content (AvgIpc) is 2.66. The Labute approximate surface area is 130 Å². The van der Waals surface area contributed by atoms with Crippen LogP contribution in [-0.4, -0.2) is 10.5 Å². The third kappa shape index (κ3) is 3.58. The average molecular weight is 306 g/mol. The Morgan fingerprint density at radius 3 is 2.52 bits per heavy atom. The Morgan fingerprint density at radius 2 is 2.00 bits per heavy atom. The van der Waals surface area contributed by atoms with E-state index in [2.05, 4.69) is 42.2 Å². The van der Waals surface area contributed by atoms with Gasteiger partial charge in [0.1, 0.15) is 0 Å². The number of aryl methyl sites for hydroxylation is 1. The van der Waals surface area contributed by atoms with Crippen molar-refractivity contribution in [3.63, 3.8) is 0 Å². The van der Waals surface area contributed by atoms with E-state index in [0.717, 1.165) is 12.2 Å². The van der Waals surface area contributed by atoms with Crippen LogP contribution in [0.25, 0.3) is 0 Å². The highest BCUT2D eigenvalue weighted by molar-refractivity contribution is 6.34. The number of hydrogen-bond acceptors (Lipinski definition) is 2. The van der Waals surface area contributed by atoms with Crippen molar-refractivity contribution in [2.24, 2.45) is 7.05 Å². The smallest absolute Gasteiger partial charge is 0.221 e. The number of hydrogen-bond donors (Lipinski definition) is 2. The molecule has 0 radical (unpaired) electrons. The lowest BCUT2D eigenvalue weighted by molar-refractivity contribution is -0.114. The standard InChI is InChI=1S/C16H20ClN3O/c1-10-7-13(11(2)20(10)4)9-18-14-5-6-16(15(17)8-14)19-12(3)21/h5-8,18H,9H2,1-4H3,(H,19,21). The molecule has 112 valence electrons. The molecule has 1 aromatic carbocycles. The van der Waals surface area contributed by atoms with Crippen molar-refractivity contribution in [1.29, 1.82) is 0 Å². The molecule has 0 atom stereocenters. The first-order chi connectivity index (χ1) is 9.88. The molecule has 0 aliphatic heterocycles. The first kappa shape index (κ1) is 15.4. The number of aromatic nitrogens is 1. The topological polar surface area (TPSA) is 46.1 Å². The molecule has 0 bridgehead atoms. The van der Waals surface area contributed by atoms with Gasteiger partial charge in [0.15, 0.2) is 0 Å². The van der Waals surface area contributed by atoms with E-state index >= 15 is 0 Å². The molecule has 0 saturated heterocycles. The monoisotopic (exact) mass is 305 g/mol. The third-order valence-corrected chi connectivity index (χ3v) is 3.96. The van der Waals surface area contributed by atoms with Crippen LogP contribution >= 0.6 is 11.6 Å². The first-order valence-corrected chi connectivity index (χ1v) is 7.19. The molecule has 0 saturated carbocycles. The van der Waals surface area contributed by atoms with E-state index in [9.17, 15) is 4.79 Å². The molecule has 0 aliphatic rings. The zero-order chi connectivity index (χ0) is 15.6. The van der Waals surface area contributed by atoms with Gasteiger partial charge < -0.3 is 15.2 Å². The molecule has 0 unspecified atom stereocenters. The molecule has 5 heteroatoms. The Hall–Kier alpha value is -1.94. The predicted octanol–water partition coefficient (Wildman–Crippen LogP) is 3.87. The van der Waals surface area contributed by atoms with Gasteiger partial charge in [-0.3, -0.25) is 4.79 Å². The maximum Gasteiger partial charge on any atom is 0.221 e. The predicted molar refractivity (Wildman–Crippen MR) is 88.0 cm³/mol. The quantitative estimate of drug-likeness (QED) is 0.901. The minimum Gasteiger partial charge on any atom is -0.381 e. The lowest BCUT2D eigenvalue weighted by Crippen LogP contribution is -2.06. The fraction of sp³-hybridized carbons (Fsp3) is 0.312. The van der Waals surface area contributed by atoms with E-state index in [4.69, 9.17) is 11.6 Å². The summed E-state index contributed by atoms with van der Waals surface area (Å²) in [4.78, 5) is 11.0. The van der Waals surface area contributed by atoms with Crippen LogP contribution in [0.2, 0.25) is 5.02 Å². The molecule has 2 aromatic rings. The summed E-state index contributed by atoms with van der Waals surface area (Å²) in [7, 11) is 2.06. The second kappa shape index (κ2) is 6.22. The van der Waals surface area contributed by atoms with Crippen LogP contribution in [0, 0.1) is 13.8 Å². The van der Waals surface area contributed by atoms with Crippen LogP contribution in [0.15, 0.2) is 24.3 Å². The second-order valence-corrected chi connectivity index (χ2v) is 5.59. The SMILES string of the molecule is CC(=O)Nc1ccc(NCc2cc(C)n(C)c2C)cc1Cl. The number of nitrogens with zero attached hydrogens (tertiary/aromatic N) is 1. The Kier molecular flexibility index (Phi) is 4.58. The Bertz CT molecular complexity index is 676. The molecule has 4 nitrogen and oxygen atoms in total. The summed E-state index contributed by atoms with van der Waals surface area (Å²) in [6.07, 6.45) is 0. The molecule has 2 rings (SSSR count). The number of halogens is 1. The number of benzene rings is 1. The first-order valence-electron chi connectivity index (χ1n) is 6.81. The number of carbonyl (C=O) groups excluding carboxylic acids is 1. The van der Waals surface area contributed by atoms with Gasteiger partial charge in [-0.25, -0.2) is 0 Å². The molecule has 0 aliphatic carbocycles. The van der Waals surface area contributed by atoms with Crippen molar-refractivity contribution >= 4 is 28.9 Å². The molecule has 0 spiro atoms. The fourth-order valence-corrected chi connectivity index (χ4v) is 2.45. The van der Waals surface area contributed by atoms with Gasteiger partial charge >= 0.3 is 0 Å². The van der Waals surface area contributed by atoms with Gasteiger partial charge in [-0.05, 0) is 43.7 Å². The highest BCUT2D eigenvalue weighted by Crippen LogP contribution is 2.26. The summed E-state index contributed by atoms with van der Waals surface area (Å²) in [5.41, 5.74) is 5.30. The highest BCUT2D eigenvalue weighted by Gasteiger charge is 2.07. The van der Waals surface area contributed by atoms with E-state index in [-0.39, 0.29) is 5.91 Å². The highest BCUT2D eigenvalue weighted by atomic mass is 35.5. The van der Waals surface area contributed by atoms with Crippen LogP contribution in [0.3, 0.4) is 0 Å². The van der Waals surface area contributed by atoms with Gasteiger partial charge in [0.05, 0.1) is 10.7 Å². The molecule has 21 heavy (non-hydrogen) atoms. The Balaban J connectivity index is 2.08. The molecule has 1 heterocycles. The van der Waals surface area contributed by atoms with Crippen molar-refractivity contribution in [2.45, 2.75) is 27.3 Å². The number of nitrogens with one attached hydrogen (secondary N) is 2. The second-order valence-electron chi connectivity index (χ2n) is 5.18. The zero-order valence-electron chi connectivity index (χ0n) is 12.7. The number of carbonyl (C=O) groups is 1. The third-order valence-electron chi connectivity index (χ3n) is 3.64. The summed E-state index contributed by atoms with van der Waals surface area (Å²) in [5, 5.41) is 6.57. The summed E-state index contributed by atoms with van der Waals surface area (Å²) in [6.45, 7) is 6.40. The summed E-state index contributed by atoms with van der Waals surface area (Å²) in [5.74, 6) is -0.131. The van der Waals surface area contributed by atoms with Crippen LogP contribution in [0.4, 0.5) is 11.4 Å². The number of amides is 1. The summed E-state index contributed by atoms with van der Waals surface area (Å²) in [6, 6.07) is 7.70. The van der Waals surface area contributed by atoms with Crippen molar-refractivity contribution in [3.8, 4) is 0 Å². The van der Waals surface area contributed by atoms with E-state index in [0.29, 0.717) is 10.7 Å². The molecular formula is C16H20ClN3O. The largest absolute Gasteiger partial charge is 0.381 e. The Morgan fingerprint density at radius 1 is 1.29 bits per heavy atom. The molecule has 2 N–H and O–H groups in total. The molecule has 0 fully saturated rings. The fourth-order valence-electron chi connectivity index (χ4n) is 2.23. The van der Waals surface area contributed by atoms with E-state index < -0.39 is 0 Å². The molecular weight excluding hydrogens is 286 g/mol. The number of rotatable bonds is 4. The maximum absolute atomic E-state index is 11.0. The number of anilines is 2. The van der Waals surface area contributed by atoms with E-state index in [1.165, 1.54) is 23.9 Å². The minimum absolute atomic E-state index is 0.131. The summed E-state index contributed by atoms with van der Waals surface area (Å²) >= 11 is 6.16. The van der Waals surface area contributed by atoms with Gasteiger partial charge in [0, 0.05) is 37.6 Å². The van der Waals surface area contributed by atoms with Crippen LogP contribution in [-0.2, 0) is 18.4 Å². The zero-order valence-corrected chi connectivity index (χ0v) is 13.5. The van der Waals surface area contributed by atoms with Crippen molar-refractivity contribution in [3.05, 3.63) is 46.2 Å². The van der Waals surface area contributed by atoms with Crippen molar-refractivity contribution in [1.82, 2.24) is 4.57 Å². The molecule has 1 amide bonds. The van der Waals surface area contributed by atoms with Crippen molar-refractivity contribution < 1.29 is 4.79 Å². The van der Waals surface area contributed by atoms with Gasteiger partial charge in [-0.1, -0.05) is 11.6 Å². The van der Waals surface area contributed by atoms with Crippen LogP contribution in [0.1, 0.15) is 23.9 Å². The minimum atomic E-state index is -0.131. The van der Waals surface area contributed by atoms with Crippen molar-refractivity contribution in [2.75, 3.05) is 10.6 Å². The van der Waals surface area contributed by atoms with Gasteiger partial charge in [-0.2, -0.15) is 0 Å². The van der Waals surface area contributed by atoms with E-state index in [1.807, 2.05) is 12.1 Å². The van der Waals surface area contributed by atoms with Gasteiger partial charge in [0.25, 0.3) is 0 Å².